The summed E-state index contributed by atoms with van der Waals surface area (Å²) in [5, 5.41) is 3.23. The van der Waals surface area contributed by atoms with E-state index in [9.17, 15) is 24.0 Å². The highest BCUT2D eigenvalue weighted by atomic mass is 16.6. The maximum absolute atomic E-state index is 13.2. The van der Waals surface area contributed by atoms with Crippen molar-refractivity contribution in [2.75, 3.05) is 104 Å². The van der Waals surface area contributed by atoms with Gasteiger partial charge in [0, 0.05) is 103 Å². The molecule has 1 aromatic rings. The van der Waals surface area contributed by atoms with Crippen molar-refractivity contribution >= 4 is 35.6 Å². The SMILES string of the molecule is CC(C)(C)OC(=O)N1CCC[C@H]1C(=O)N1CCNCC1.CN1CCN(c2cccc(C(=O)N3CCN(C(=O)[C@@H]4CCCN4C(=O)OC(C)(C)C)CC3)c2)CC1. The van der Waals surface area contributed by atoms with Crippen molar-refractivity contribution in [1.82, 2.24) is 34.7 Å². The third-order valence-electron chi connectivity index (χ3n) is 10.6. The van der Waals surface area contributed by atoms with E-state index >= 15 is 0 Å². The first kappa shape index (κ1) is 42.0. The van der Waals surface area contributed by atoms with Gasteiger partial charge in [0.05, 0.1) is 0 Å². The molecule has 15 nitrogen and oxygen atoms in total. The Kier molecular flexibility index (Phi) is 13.9. The van der Waals surface area contributed by atoms with Gasteiger partial charge in [-0.1, -0.05) is 6.07 Å². The molecule has 0 bridgehead atoms. The summed E-state index contributed by atoms with van der Waals surface area (Å²) in [6.07, 6.45) is 2.24. The maximum atomic E-state index is 13.2. The molecule has 5 amide bonds. The molecule has 1 N–H and O–H groups in total. The van der Waals surface area contributed by atoms with Crippen LogP contribution in [0.5, 0.6) is 0 Å². The van der Waals surface area contributed by atoms with Crippen LogP contribution in [0.3, 0.4) is 0 Å². The van der Waals surface area contributed by atoms with Crippen LogP contribution in [0.4, 0.5) is 15.3 Å². The summed E-state index contributed by atoms with van der Waals surface area (Å²) >= 11 is 0. The molecule has 1 aromatic carbocycles. The first-order valence-corrected chi connectivity index (χ1v) is 20.1. The minimum absolute atomic E-state index is 0.00400. The third kappa shape index (κ3) is 11.5. The minimum atomic E-state index is -0.596. The molecule has 0 aromatic heterocycles. The molecule has 2 atom stereocenters. The van der Waals surface area contributed by atoms with E-state index in [0.29, 0.717) is 51.3 Å². The zero-order chi connectivity index (χ0) is 39.9. The van der Waals surface area contributed by atoms with E-state index in [2.05, 4.69) is 28.2 Å². The number of hydrogen-bond acceptors (Lipinski definition) is 10. The Balaban J connectivity index is 0.000000246. The number of carbonyl (C=O) groups is 5. The molecule has 55 heavy (non-hydrogen) atoms. The second-order valence-electron chi connectivity index (χ2n) is 17.2. The Labute approximate surface area is 327 Å². The van der Waals surface area contributed by atoms with Crippen molar-refractivity contribution in [2.45, 2.75) is 90.5 Å². The van der Waals surface area contributed by atoms with Gasteiger partial charge in [-0.25, -0.2) is 9.59 Å². The topological polar surface area (TPSA) is 139 Å². The van der Waals surface area contributed by atoms with Crippen molar-refractivity contribution in [2.24, 2.45) is 0 Å². The molecule has 5 saturated heterocycles. The van der Waals surface area contributed by atoms with Crippen molar-refractivity contribution in [3.8, 4) is 0 Å². The smallest absolute Gasteiger partial charge is 0.410 e. The molecule has 5 heterocycles. The van der Waals surface area contributed by atoms with Crippen LogP contribution in [-0.4, -0.2) is 181 Å². The molecule has 6 rings (SSSR count). The normalized spacial score (nSPS) is 22.6. The second kappa shape index (κ2) is 18.2. The molecular formula is C40H64N8O7. The molecular weight excluding hydrogens is 704 g/mol. The Morgan fingerprint density at radius 2 is 1.09 bits per heavy atom. The van der Waals surface area contributed by atoms with Gasteiger partial charge < -0.3 is 39.3 Å². The summed E-state index contributed by atoms with van der Waals surface area (Å²) in [6.45, 7) is 21.1. The fourth-order valence-corrected chi connectivity index (χ4v) is 7.64. The third-order valence-corrected chi connectivity index (χ3v) is 10.6. The summed E-state index contributed by atoms with van der Waals surface area (Å²) in [5.74, 6) is 0.0247. The van der Waals surface area contributed by atoms with Crippen molar-refractivity contribution in [1.29, 1.82) is 0 Å². The van der Waals surface area contributed by atoms with Gasteiger partial charge in [0.15, 0.2) is 0 Å². The van der Waals surface area contributed by atoms with Gasteiger partial charge in [-0.2, -0.15) is 0 Å². The number of ether oxygens (including phenoxy) is 2. The molecule has 5 aliphatic heterocycles. The van der Waals surface area contributed by atoms with E-state index in [-0.39, 0.29) is 29.9 Å². The lowest BCUT2D eigenvalue weighted by Gasteiger charge is -2.37. The number of piperazine rings is 3. The lowest BCUT2D eigenvalue weighted by atomic mass is 10.1. The Morgan fingerprint density at radius 3 is 1.58 bits per heavy atom. The first-order chi connectivity index (χ1) is 26.0. The fraction of sp³-hybridized carbons (Fsp3) is 0.725. The molecule has 0 spiro atoms. The molecule has 5 aliphatic rings. The van der Waals surface area contributed by atoms with Gasteiger partial charge in [0.2, 0.25) is 11.8 Å². The molecule has 306 valence electrons. The first-order valence-electron chi connectivity index (χ1n) is 20.1. The second-order valence-corrected chi connectivity index (χ2v) is 17.2. The average molecular weight is 769 g/mol. The molecule has 0 radical (unpaired) electrons. The number of nitrogens with zero attached hydrogens (tertiary/aromatic N) is 7. The molecule has 0 saturated carbocycles. The molecule has 15 heteroatoms. The number of anilines is 1. The number of rotatable bonds is 4. The number of nitrogens with one attached hydrogen (secondary N) is 1. The largest absolute Gasteiger partial charge is 0.444 e. The van der Waals surface area contributed by atoms with E-state index < -0.39 is 23.3 Å². The lowest BCUT2D eigenvalue weighted by Crippen LogP contribution is -2.55. The van der Waals surface area contributed by atoms with Crippen LogP contribution in [0.1, 0.15) is 77.6 Å². The summed E-state index contributed by atoms with van der Waals surface area (Å²) in [4.78, 5) is 77.0. The average Bonchev–Trinajstić information content (AvgIpc) is 3.85. The van der Waals surface area contributed by atoms with E-state index in [1.165, 1.54) is 0 Å². The van der Waals surface area contributed by atoms with Gasteiger partial charge in [-0.3, -0.25) is 24.2 Å². The lowest BCUT2D eigenvalue weighted by molar-refractivity contribution is -0.137. The number of likely N-dealkylation sites (tertiary alicyclic amines) is 2. The van der Waals surface area contributed by atoms with Crippen LogP contribution in [0, 0.1) is 0 Å². The van der Waals surface area contributed by atoms with Crippen LogP contribution in [0.2, 0.25) is 0 Å². The fourth-order valence-electron chi connectivity index (χ4n) is 7.64. The molecule has 0 aliphatic carbocycles. The zero-order valence-corrected chi connectivity index (χ0v) is 34.2. The van der Waals surface area contributed by atoms with Gasteiger partial charge >= 0.3 is 12.2 Å². The van der Waals surface area contributed by atoms with Crippen LogP contribution in [-0.2, 0) is 19.1 Å². The molecule has 0 unspecified atom stereocenters. The highest BCUT2D eigenvalue weighted by molar-refractivity contribution is 5.95. The number of hydrogen-bond donors (Lipinski definition) is 1. The minimum Gasteiger partial charge on any atom is -0.444 e. The number of carbonyl (C=O) groups excluding carboxylic acids is 5. The number of likely N-dealkylation sites (N-methyl/N-ethyl adjacent to an activating group) is 1. The van der Waals surface area contributed by atoms with Crippen molar-refractivity contribution in [3.63, 3.8) is 0 Å². The maximum Gasteiger partial charge on any atom is 0.410 e. The van der Waals surface area contributed by atoms with E-state index in [0.717, 1.165) is 77.3 Å². The summed E-state index contributed by atoms with van der Waals surface area (Å²) < 4.78 is 10.9. The number of benzene rings is 1. The van der Waals surface area contributed by atoms with Crippen LogP contribution in [0.25, 0.3) is 0 Å². The van der Waals surface area contributed by atoms with Crippen molar-refractivity contribution < 1.29 is 33.4 Å². The Bertz CT molecular complexity index is 1510. The van der Waals surface area contributed by atoms with Crippen LogP contribution >= 0.6 is 0 Å². The van der Waals surface area contributed by atoms with Gasteiger partial charge in [-0.05, 0) is 92.5 Å². The summed E-state index contributed by atoms with van der Waals surface area (Å²) in [6, 6.07) is 7.05. The predicted molar refractivity (Wildman–Crippen MR) is 210 cm³/mol. The Hall–Kier alpha value is -4.11. The zero-order valence-electron chi connectivity index (χ0n) is 34.2. The van der Waals surface area contributed by atoms with Gasteiger partial charge in [-0.15, -0.1) is 0 Å². The van der Waals surface area contributed by atoms with Crippen LogP contribution in [0.15, 0.2) is 24.3 Å². The highest BCUT2D eigenvalue weighted by Gasteiger charge is 2.40. The standard InChI is InChI=1S/C26H39N5O4.C14H25N3O3/c1-26(2,3)35-25(34)31-10-6-9-22(31)24(33)30-17-15-29(16-18-30)23(32)20-7-5-8-21(19-20)28-13-11-27(4)12-14-28;1-14(2,3)20-13(19)17-8-4-5-11(17)12(18)16-9-6-15-7-10-16/h5,7-8,19,22H,6,9-18H2,1-4H3;11,15H,4-10H2,1-3H3/t22-;11-/m00/s1. The number of amides is 5. The van der Waals surface area contributed by atoms with E-state index in [1.54, 1.807) is 14.7 Å². The van der Waals surface area contributed by atoms with Gasteiger partial charge in [0.1, 0.15) is 23.3 Å². The summed E-state index contributed by atoms with van der Waals surface area (Å²) in [7, 11) is 2.13. The van der Waals surface area contributed by atoms with Crippen LogP contribution < -0.4 is 10.2 Å². The van der Waals surface area contributed by atoms with Gasteiger partial charge in [0.25, 0.3) is 5.91 Å². The monoisotopic (exact) mass is 768 g/mol. The van der Waals surface area contributed by atoms with E-state index in [4.69, 9.17) is 9.47 Å². The highest BCUT2D eigenvalue weighted by Crippen LogP contribution is 2.25. The van der Waals surface area contributed by atoms with Crippen molar-refractivity contribution in [3.05, 3.63) is 29.8 Å². The van der Waals surface area contributed by atoms with E-state index in [1.807, 2.05) is 69.5 Å². The predicted octanol–water partition coefficient (Wildman–Crippen LogP) is 2.94. The Morgan fingerprint density at radius 1 is 0.618 bits per heavy atom. The molecule has 5 fully saturated rings. The quantitative estimate of drug-likeness (QED) is 0.487. The summed E-state index contributed by atoms with van der Waals surface area (Å²) in [5.41, 5.74) is 0.651.